The Morgan fingerprint density at radius 3 is 2.78 bits per heavy atom. The first-order valence-corrected chi connectivity index (χ1v) is 8.87. The van der Waals surface area contributed by atoms with Crippen molar-refractivity contribution in [2.45, 2.75) is 13.0 Å². The number of hydrogen-bond acceptors (Lipinski definition) is 4. The molecule has 27 heavy (non-hydrogen) atoms. The van der Waals surface area contributed by atoms with Crippen LogP contribution in [-0.2, 0) is 13.0 Å². The summed E-state index contributed by atoms with van der Waals surface area (Å²) < 4.78 is 5.35. The van der Waals surface area contributed by atoms with Gasteiger partial charge in [-0.15, -0.1) is 0 Å². The highest BCUT2D eigenvalue weighted by Gasteiger charge is 2.14. The van der Waals surface area contributed by atoms with E-state index in [2.05, 4.69) is 10.3 Å². The first-order chi connectivity index (χ1) is 13.2. The van der Waals surface area contributed by atoms with Gasteiger partial charge in [0.05, 0.1) is 7.11 Å². The Hall–Kier alpha value is -3.18. The fraction of sp³-hybridized carbons (Fsp3) is 0.182. The van der Waals surface area contributed by atoms with Crippen LogP contribution < -0.4 is 15.8 Å². The second-order valence-corrected chi connectivity index (χ2v) is 6.12. The van der Waals surface area contributed by atoms with E-state index in [-0.39, 0.29) is 5.91 Å². The minimum Gasteiger partial charge on any atom is -0.496 e. The summed E-state index contributed by atoms with van der Waals surface area (Å²) >= 11 is 0. The summed E-state index contributed by atoms with van der Waals surface area (Å²) in [6, 6.07) is 19.4. The van der Waals surface area contributed by atoms with Crippen molar-refractivity contribution < 1.29 is 9.53 Å². The van der Waals surface area contributed by atoms with Gasteiger partial charge in [0.15, 0.2) is 0 Å². The van der Waals surface area contributed by atoms with E-state index in [1.54, 1.807) is 13.3 Å². The van der Waals surface area contributed by atoms with Crippen molar-refractivity contribution >= 4 is 5.91 Å². The molecule has 0 fully saturated rings. The number of para-hydroxylation sites is 1. The minimum atomic E-state index is -0.196. The molecule has 0 unspecified atom stereocenters. The summed E-state index contributed by atoms with van der Waals surface area (Å²) in [5.41, 5.74) is 9.93. The third-order valence-electron chi connectivity index (χ3n) is 4.37. The average molecular weight is 361 g/mol. The SMILES string of the molecule is COc1ccccc1CCNC(=O)c1ncccc1-c1cccc(CN)c1. The number of ether oxygens (including phenoxy) is 1. The van der Waals surface area contributed by atoms with Crippen molar-refractivity contribution in [1.29, 1.82) is 0 Å². The van der Waals surface area contributed by atoms with Gasteiger partial charge in [0, 0.05) is 24.8 Å². The lowest BCUT2D eigenvalue weighted by Gasteiger charge is -2.11. The largest absolute Gasteiger partial charge is 0.496 e. The number of nitrogens with two attached hydrogens (primary N) is 1. The van der Waals surface area contributed by atoms with E-state index in [0.717, 1.165) is 28.0 Å². The highest BCUT2D eigenvalue weighted by atomic mass is 16.5. The van der Waals surface area contributed by atoms with Gasteiger partial charge in [0.25, 0.3) is 5.91 Å². The summed E-state index contributed by atoms with van der Waals surface area (Å²) in [4.78, 5) is 17.0. The van der Waals surface area contributed by atoms with Gasteiger partial charge in [-0.05, 0) is 41.3 Å². The molecule has 0 bridgehead atoms. The van der Waals surface area contributed by atoms with Gasteiger partial charge in [0.1, 0.15) is 11.4 Å². The van der Waals surface area contributed by atoms with Gasteiger partial charge >= 0.3 is 0 Å². The van der Waals surface area contributed by atoms with Gasteiger partial charge in [-0.2, -0.15) is 0 Å². The average Bonchev–Trinajstić information content (AvgIpc) is 2.74. The van der Waals surface area contributed by atoms with Crippen LogP contribution in [0.25, 0.3) is 11.1 Å². The first kappa shape index (κ1) is 18.6. The fourth-order valence-electron chi connectivity index (χ4n) is 2.99. The maximum absolute atomic E-state index is 12.7. The molecule has 3 N–H and O–H groups in total. The highest BCUT2D eigenvalue weighted by Crippen LogP contribution is 2.23. The normalized spacial score (nSPS) is 10.4. The molecule has 2 aromatic carbocycles. The summed E-state index contributed by atoms with van der Waals surface area (Å²) in [5, 5.41) is 2.96. The lowest BCUT2D eigenvalue weighted by molar-refractivity contribution is 0.0950. The summed E-state index contributed by atoms with van der Waals surface area (Å²) in [5.74, 6) is 0.627. The quantitative estimate of drug-likeness (QED) is 0.677. The molecule has 1 aromatic heterocycles. The fourth-order valence-corrected chi connectivity index (χ4v) is 2.99. The zero-order valence-corrected chi connectivity index (χ0v) is 15.3. The Bertz CT molecular complexity index is 925. The van der Waals surface area contributed by atoms with Crippen LogP contribution >= 0.6 is 0 Å². The molecule has 138 valence electrons. The number of aromatic nitrogens is 1. The molecule has 0 aliphatic heterocycles. The molecule has 1 heterocycles. The Balaban J connectivity index is 1.74. The number of rotatable bonds is 7. The minimum absolute atomic E-state index is 0.196. The Labute approximate surface area is 159 Å². The molecular formula is C22H23N3O2. The number of nitrogens with one attached hydrogen (secondary N) is 1. The number of carbonyl (C=O) groups is 1. The molecule has 3 aromatic rings. The van der Waals surface area contributed by atoms with E-state index in [1.165, 1.54) is 0 Å². The molecule has 5 nitrogen and oxygen atoms in total. The third kappa shape index (κ3) is 4.51. The molecule has 0 atom stereocenters. The summed E-state index contributed by atoms with van der Waals surface area (Å²) in [6.07, 6.45) is 2.31. The Kier molecular flexibility index (Phi) is 6.18. The van der Waals surface area contributed by atoms with Crippen LogP contribution in [0.15, 0.2) is 66.9 Å². The van der Waals surface area contributed by atoms with Gasteiger partial charge in [-0.25, -0.2) is 0 Å². The van der Waals surface area contributed by atoms with Crippen LogP contribution in [0.5, 0.6) is 5.75 Å². The van der Waals surface area contributed by atoms with E-state index < -0.39 is 0 Å². The standard InChI is InChI=1S/C22H23N3O2/c1-27-20-10-3-2-7-17(20)11-13-25-22(26)21-19(9-5-12-24-21)18-8-4-6-16(14-18)15-23/h2-10,12,14H,11,13,15,23H2,1H3,(H,25,26). The van der Waals surface area contributed by atoms with E-state index in [9.17, 15) is 4.79 Å². The number of nitrogens with zero attached hydrogens (tertiary/aromatic N) is 1. The van der Waals surface area contributed by atoms with Gasteiger partial charge in [-0.1, -0.05) is 42.5 Å². The topological polar surface area (TPSA) is 77.2 Å². The van der Waals surface area contributed by atoms with Crippen molar-refractivity contribution in [2.75, 3.05) is 13.7 Å². The number of hydrogen-bond donors (Lipinski definition) is 2. The van der Waals surface area contributed by atoms with Crippen LogP contribution in [0.4, 0.5) is 0 Å². The molecule has 0 aliphatic carbocycles. The molecule has 0 aliphatic rings. The van der Waals surface area contributed by atoms with Crippen LogP contribution in [0, 0.1) is 0 Å². The van der Waals surface area contributed by atoms with Crippen LogP contribution in [0.1, 0.15) is 21.6 Å². The van der Waals surface area contributed by atoms with Gasteiger partial charge in [0.2, 0.25) is 0 Å². The van der Waals surface area contributed by atoms with Gasteiger partial charge in [-0.3, -0.25) is 9.78 Å². The summed E-state index contributed by atoms with van der Waals surface area (Å²) in [6.45, 7) is 0.951. The van der Waals surface area contributed by atoms with Crippen molar-refractivity contribution in [1.82, 2.24) is 10.3 Å². The number of pyridine rings is 1. The molecule has 0 saturated carbocycles. The predicted molar refractivity (Wildman–Crippen MR) is 107 cm³/mol. The lowest BCUT2D eigenvalue weighted by Crippen LogP contribution is -2.27. The smallest absolute Gasteiger partial charge is 0.270 e. The molecule has 0 saturated heterocycles. The maximum Gasteiger partial charge on any atom is 0.270 e. The molecule has 3 rings (SSSR count). The molecule has 0 radical (unpaired) electrons. The van der Waals surface area contributed by atoms with Crippen molar-refractivity contribution in [3.05, 3.63) is 83.7 Å². The summed E-state index contributed by atoms with van der Waals surface area (Å²) in [7, 11) is 1.65. The van der Waals surface area contributed by atoms with Crippen LogP contribution in [0.2, 0.25) is 0 Å². The number of carbonyl (C=O) groups excluding carboxylic acids is 1. The second-order valence-electron chi connectivity index (χ2n) is 6.12. The Morgan fingerprint density at radius 2 is 1.96 bits per heavy atom. The number of methoxy groups -OCH3 is 1. The first-order valence-electron chi connectivity index (χ1n) is 8.87. The number of benzene rings is 2. The predicted octanol–water partition coefficient (Wildman–Crippen LogP) is 3.19. The van der Waals surface area contributed by atoms with Crippen molar-refractivity contribution in [2.24, 2.45) is 5.73 Å². The third-order valence-corrected chi connectivity index (χ3v) is 4.37. The molecular weight excluding hydrogens is 338 g/mol. The molecule has 0 spiro atoms. The van der Waals surface area contributed by atoms with Crippen molar-refractivity contribution in [3.8, 4) is 16.9 Å². The van der Waals surface area contributed by atoms with E-state index in [0.29, 0.717) is 25.2 Å². The lowest BCUT2D eigenvalue weighted by atomic mass is 10.0. The second kappa shape index (κ2) is 8.96. The van der Waals surface area contributed by atoms with E-state index in [1.807, 2.05) is 60.7 Å². The van der Waals surface area contributed by atoms with Gasteiger partial charge < -0.3 is 15.8 Å². The van der Waals surface area contributed by atoms with E-state index in [4.69, 9.17) is 10.5 Å². The zero-order chi connectivity index (χ0) is 19.1. The monoisotopic (exact) mass is 361 g/mol. The zero-order valence-electron chi connectivity index (χ0n) is 15.3. The van der Waals surface area contributed by atoms with Crippen LogP contribution in [0.3, 0.4) is 0 Å². The van der Waals surface area contributed by atoms with E-state index >= 15 is 0 Å². The highest BCUT2D eigenvalue weighted by molar-refractivity contribution is 5.98. The van der Waals surface area contributed by atoms with Crippen molar-refractivity contribution in [3.63, 3.8) is 0 Å². The molecule has 5 heteroatoms. The van der Waals surface area contributed by atoms with Crippen LogP contribution in [-0.4, -0.2) is 24.5 Å². The molecule has 1 amide bonds. The Morgan fingerprint density at radius 1 is 1.11 bits per heavy atom. The number of amides is 1. The maximum atomic E-state index is 12.7.